The Hall–Kier alpha value is -3.13. The molecule has 0 saturated carbocycles. The molecule has 8 heteroatoms. The summed E-state index contributed by atoms with van der Waals surface area (Å²) in [6.45, 7) is 8.34. The van der Waals surface area contributed by atoms with E-state index >= 15 is 0 Å². The number of benzene rings is 2. The maximum Gasteiger partial charge on any atom is 0.321 e. The van der Waals surface area contributed by atoms with Gasteiger partial charge in [-0.15, -0.1) is 0 Å². The molecule has 3 aromatic rings. The number of carbonyl (C=O) groups is 2. The number of carbonyl (C=O) groups excluding carboxylic acids is 2. The summed E-state index contributed by atoms with van der Waals surface area (Å²) in [7, 11) is 0. The number of hydrogen-bond donors (Lipinski definition) is 2. The molecular formula is C23H26N4O3S. The summed E-state index contributed by atoms with van der Waals surface area (Å²) < 4.78 is 1.53. The highest BCUT2D eigenvalue weighted by Crippen LogP contribution is 2.22. The van der Waals surface area contributed by atoms with E-state index in [2.05, 4.69) is 15.6 Å². The van der Waals surface area contributed by atoms with Crippen LogP contribution in [0.15, 0.2) is 52.4 Å². The van der Waals surface area contributed by atoms with Gasteiger partial charge in [0, 0.05) is 6.54 Å². The number of aryl methyl sites for hydroxylation is 2. The molecule has 0 fully saturated rings. The fraction of sp³-hybridized carbons (Fsp3) is 0.304. The van der Waals surface area contributed by atoms with Gasteiger partial charge in [-0.2, -0.15) is 0 Å². The molecule has 3 rings (SSSR count). The number of imide groups is 1. The summed E-state index contributed by atoms with van der Waals surface area (Å²) in [5, 5.41) is 5.85. The van der Waals surface area contributed by atoms with E-state index in [1.54, 1.807) is 18.2 Å². The number of aromatic nitrogens is 2. The third kappa shape index (κ3) is 5.73. The summed E-state index contributed by atoms with van der Waals surface area (Å²) in [5.74, 6) is -0.227. The molecule has 0 saturated heterocycles. The third-order valence-electron chi connectivity index (χ3n) is 4.47. The minimum atomic E-state index is -0.530. The first-order valence-corrected chi connectivity index (χ1v) is 11.0. The lowest BCUT2D eigenvalue weighted by atomic mass is 10.1. The van der Waals surface area contributed by atoms with Crippen LogP contribution in [0, 0.1) is 19.8 Å². The average Bonchev–Trinajstić information content (AvgIpc) is 2.70. The number of urea groups is 1. The van der Waals surface area contributed by atoms with E-state index in [0.717, 1.165) is 22.9 Å². The highest BCUT2D eigenvalue weighted by molar-refractivity contribution is 7.99. The van der Waals surface area contributed by atoms with Crippen LogP contribution in [0.4, 0.5) is 4.79 Å². The Morgan fingerprint density at radius 3 is 2.45 bits per heavy atom. The standard InChI is InChI=1S/C23H26N4O3S/c1-14(2)12-24-22(30)26-20(28)13-31-23-25-19-8-6-5-7-18(19)21(29)27(23)17-10-15(3)9-16(4)11-17/h5-11,14H,12-13H2,1-4H3,(H2,24,26,28,30). The third-order valence-corrected chi connectivity index (χ3v) is 5.40. The normalized spacial score (nSPS) is 11.0. The van der Waals surface area contributed by atoms with E-state index in [1.165, 1.54) is 4.57 Å². The SMILES string of the molecule is Cc1cc(C)cc(-n2c(SCC(=O)NC(=O)NCC(C)C)nc3ccccc3c2=O)c1. The first kappa shape index (κ1) is 22.6. The van der Waals surface area contributed by atoms with E-state index in [-0.39, 0.29) is 17.2 Å². The molecule has 2 aromatic carbocycles. The van der Waals surface area contributed by atoms with Crippen molar-refractivity contribution in [1.82, 2.24) is 20.2 Å². The van der Waals surface area contributed by atoms with Crippen molar-refractivity contribution in [2.75, 3.05) is 12.3 Å². The monoisotopic (exact) mass is 438 g/mol. The van der Waals surface area contributed by atoms with Crippen LogP contribution in [-0.4, -0.2) is 33.8 Å². The van der Waals surface area contributed by atoms with Crippen LogP contribution >= 0.6 is 11.8 Å². The number of rotatable bonds is 6. The van der Waals surface area contributed by atoms with Crippen molar-refractivity contribution in [2.45, 2.75) is 32.9 Å². The smallest absolute Gasteiger partial charge is 0.321 e. The number of nitrogens with one attached hydrogen (secondary N) is 2. The van der Waals surface area contributed by atoms with E-state index < -0.39 is 11.9 Å². The first-order valence-electron chi connectivity index (χ1n) is 10.1. The predicted molar refractivity (Wildman–Crippen MR) is 124 cm³/mol. The zero-order valence-corrected chi connectivity index (χ0v) is 18.9. The van der Waals surface area contributed by atoms with Gasteiger partial charge in [0.25, 0.3) is 5.56 Å². The Balaban J connectivity index is 1.91. The van der Waals surface area contributed by atoms with Gasteiger partial charge in [0.1, 0.15) is 0 Å². The molecule has 0 radical (unpaired) electrons. The maximum atomic E-state index is 13.3. The Labute approximate surface area is 185 Å². The molecule has 0 bridgehead atoms. The summed E-state index contributed by atoms with van der Waals surface area (Å²) in [6, 6.07) is 12.4. The van der Waals surface area contributed by atoms with E-state index in [1.807, 2.05) is 52.0 Å². The van der Waals surface area contributed by atoms with Gasteiger partial charge in [0.05, 0.1) is 22.3 Å². The minimum absolute atomic E-state index is 0.0509. The largest absolute Gasteiger partial charge is 0.338 e. The Bertz CT molecular complexity index is 1170. The van der Waals surface area contributed by atoms with Crippen LogP contribution in [0.5, 0.6) is 0 Å². The second-order valence-electron chi connectivity index (χ2n) is 7.84. The number of thioether (sulfide) groups is 1. The number of para-hydroxylation sites is 1. The molecule has 2 N–H and O–H groups in total. The molecule has 0 unspecified atom stereocenters. The van der Waals surface area contributed by atoms with Crippen LogP contribution in [0.2, 0.25) is 0 Å². The second-order valence-corrected chi connectivity index (χ2v) is 8.78. The highest BCUT2D eigenvalue weighted by atomic mass is 32.2. The van der Waals surface area contributed by atoms with Crippen LogP contribution in [0.1, 0.15) is 25.0 Å². The van der Waals surface area contributed by atoms with Gasteiger partial charge in [-0.3, -0.25) is 19.5 Å². The van der Waals surface area contributed by atoms with Crippen molar-refractivity contribution < 1.29 is 9.59 Å². The molecule has 3 amide bonds. The van der Waals surface area contributed by atoms with Crippen molar-refractivity contribution in [2.24, 2.45) is 5.92 Å². The van der Waals surface area contributed by atoms with Crippen LogP contribution in [0.3, 0.4) is 0 Å². The molecule has 1 heterocycles. The summed E-state index contributed by atoms with van der Waals surface area (Å²) in [4.78, 5) is 42.0. The first-order chi connectivity index (χ1) is 14.7. The Morgan fingerprint density at radius 1 is 1.10 bits per heavy atom. The maximum absolute atomic E-state index is 13.3. The summed E-state index contributed by atoms with van der Waals surface area (Å²) in [6.07, 6.45) is 0. The van der Waals surface area contributed by atoms with E-state index in [9.17, 15) is 14.4 Å². The minimum Gasteiger partial charge on any atom is -0.338 e. The quantitative estimate of drug-likeness (QED) is 0.453. The Kier molecular flexibility index (Phi) is 7.12. The van der Waals surface area contributed by atoms with E-state index in [0.29, 0.717) is 28.3 Å². The van der Waals surface area contributed by atoms with Crippen molar-refractivity contribution in [1.29, 1.82) is 0 Å². The van der Waals surface area contributed by atoms with Crippen LogP contribution in [-0.2, 0) is 4.79 Å². The molecule has 162 valence electrons. The van der Waals surface area contributed by atoms with Crippen molar-refractivity contribution in [3.8, 4) is 5.69 Å². The number of fused-ring (bicyclic) bond motifs is 1. The number of amides is 3. The molecule has 31 heavy (non-hydrogen) atoms. The van der Waals surface area contributed by atoms with Crippen molar-refractivity contribution in [3.63, 3.8) is 0 Å². The van der Waals surface area contributed by atoms with Gasteiger partial charge in [0.15, 0.2) is 5.16 Å². The second kappa shape index (κ2) is 9.78. The zero-order valence-electron chi connectivity index (χ0n) is 18.1. The molecule has 0 aliphatic carbocycles. The summed E-state index contributed by atoms with van der Waals surface area (Å²) in [5.41, 5.74) is 3.09. The van der Waals surface area contributed by atoms with Crippen LogP contribution in [0.25, 0.3) is 16.6 Å². The average molecular weight is 439 g/mol. The van der Waals surface area contributed by atoms with Gasteiger partial charge in [-0.25, -0.2) is 9.78 Å². The number of hydrogen-bond acceptors (Lipinski definition) is 5. The lowest BCUT2D eigenvalue weighted by molar-refractivity contribution is -0.117. The fourth-order valence-corrected chi connectivity index (χ4v) is 3.96. The predicted octanol–water partition coefficient (Wildman–Crippen LogP) is 3.58. The molecule has 0 aliphatic rings. The molecule has 0 aliphatic heterocycles. The lowest BCUT2D eigenvalue weighted by Gasteiger charge is -2.14. The fourth-order valence-electron chi connectivity index (χ4n) is 3.15. The number of nitrogens with zero attached hydrogens (tertiary/aromatic N) is 2. The van der Waals surface area contributed by atoms with Gasteiger partial charge in [-0.1, -0.05) is 43.8 Å². The topological polar surface area (TPSA) is 93.1 Å². The van der Waals surface area contributed by atoms with Crippen molar-refractivity contribution in [3.05, 3.63) is 63.9 Å². The Morgan fingerprint density at radius 2 is 1.77 bits per heavy atom. The van der Waals surface area contributed by atoms with Gasteiger partial charge >= 0.3 is 6.03 Å². The molecule has 0 atom stereocenters. The zero-order chi connectivity index (χ0) is 22.5. The molecule has 7 nitrogen and oxygen atoms in total. The molecule has 0 spiro atoms. The summed E-state index contributed by atoms with van der Waals surface area (Å²) >= 11 is 1.12. The molecular weight excluding hydrogens is 412 g/mol. The van der Waals surface area contributed by atoms with Crippen LogP contribution < -0.4 is 16.2 Å². The lowest BCUT2D eigenvalue weighted by Crippen LogP contribution is -2.41. The molecule has 1 aromatic heterocycles. The highest BCUT2D eigenvalue weighted by Gasteiger charge is 2.16. The van der Waals surface area contributed by atoms with E-state index in [4.69, 9.17) is 0 Å². The van der Waals surface area contributed by atoms with Gasteiger partial charge in [0.2, 0.25) is 5.91 Å². The van der Waals surface area contributed by atoms with Gasteiger partial charge in [-0.05, 0) is 55.2 Å². The van der Waals surface area contributed by atoms with Gasteiger partial charge < -0.3 is 5.32 Å². The van der Waals surface area contributed by atoms with Crippen molar-refractivity contribution >= 4 is 34.6 Å².